The van der Waals surface area contributed by atoms with Gasteiger partial charge in [0.2, 0.25) is 0 Å². The fraction of sp³-hybridized carbons (Fsp3) is 0.500. The standard InChI is InChI=1S/C12H20N2/c1-3-5-10-14-12-8-6-11(7-9-12)13-4-2/h6-9,13-14H,3-5,10H2,1-2H3. The molecule has 0 aromatic heterocycles. The molecule has 0 saturated heterocycles. The second-order valence-corrected chi connectivity index (χ2v) is 3.39. The van der Waals surface area contributed by atoms with Crippen LogP contribution in [0.15, 0.2) is 24.3 Å². The topological polar surface area (TPSA) is 24.1 Å². The van der Waals surface area contributed by atoms with Gasteiger partial charge in [-0.05, 0) is 37.6 Å². The van der Waals surface area contributed by atoms with Crippen LogP contribution in [0.3, 0.4) is 0 Å². The van der Waals surface area contributed by atoms with Crippen molar-refractivity contribution in [3.05, 3.63) is 24.3 Å². The summed E-state index contributed by atoms with van der Waals surface area (Å²) in [5.74, 6) is 0. The molecule has 0 atom stereocenters. The molecule has 0 fully saturated rings. The molecule has 0 aliphatic carbocycles. The lowest BCUT2D eigenvalue weighted by atomic mass is 10.2. The van der Waals surface area contributed by atoms with Crippen LogP contribution in [0.5, 0.6) is 0 Å². The smallest absolute Gasteiger partial charge is 0.0341 e. The third-order valence-corrected chi connectivity index (χ3v) is 2.13. The van der Waals surface area contributed by atoms with Crippen LogP contribution >= 0.6 is 0 Å². The Balaban J connectivity index is 2.38. The fourth-order valence-electron chi connectivity index (χ4n) is 1.32. The Morgan fingerprint density at radius 2 is 1.50 bits per heavy atom. The summed E-state index contributed by atoms with van der Waals surface area (Å²) in [5, 5.41) is 6.66. The van der Waals surface area contributed by atoms with Crippen molar-refractivity contribution >= 4 is 11.4 Å². The first-order chi connectivity index (χ1) is 6.86. The van der Waals surface area contributed by atoms with Gasteiger partial charge in [0.1, 0.15) is 0 Å². The Hall–Kier alpha value is -1.18. The van der Waals surface area contributed by atoms with Crippen LogP contribution in [-0.4, -0.2) is 13.1 Å². The van der Waals surface area contributed by atoms with Gasteiger partial charge in [0.25, 0.3) is 0 Å². The molecule has 0 aliphatic heterocycles. The van der Waals surface area contributed by atoms with E-state index in [1.165, 1.54) is 24.2 Å². The first-order valence-corrected chi connectivity index (χ1v) is 5.44. The van der Waals surface area contributed by atoms with Crippen molar-refractivity contribution in [3.8, 4) is 0 Å². The largest absolute Gasteiger partial charge is 0.385 e. The number of rotatable bonds is 6. The third kappa shape index (κ3) is 3.69. The summed E-state index contributed by atoms with van der Waals surface area (Å²) in [4.78, 5) is 0. The Morgan fingerprint density at radius 3 is 2.00 bits per heavy atom. The molecule has 14 heavy (non-hydrogen) atoms. The summed E-state index contributed by atoms with van der Waals surface area (Å²) in [6.45, 7) is 6.35. The summed E-state index contributed by atoms with van der Waals surface area (Å²) in [6, 6.07) is 8.46. The summed E-state index contributed by atoms with van der Waals surface area (Å²) >= 11 is 0. The monoisotopic (exact) mass is 192 g/mol. The minimum absolute atomic E-state index is 0.975. The van der Waals surface area contributed by atoms with Gasteiger partial charge in [-0.2, -0.15) is 0 Å². The highest BCUT2D eigenvalue weighted by molar-refractivity contribution is 5.53. The van der Waals surface area contributed by atoms with Crippen LogP contribution in [0, 0.1) is 0 Å². The predicted molar refractivity (Wildman–Crippen MR) is 64.0 cm³/mol. The second kappa shape index (κ2) is 6.30. The summed E-state index contributed by atoms with van der Waals surface area (Å²) in [6.07, 6.45) is 2.47. The van der Waals surface area contributed by atoms with Gasteiger partial charge in [-0.25, -0.2) is 0 Å². The molecule has 1 rings (SSSR count). The number of benzene rings is 1. The van der Waals surface area contributed by atoms with Crippen LogP contribution in [0.4, 0.5) is 11.4 Å². The van der Waals surface area contributed by atoms with Crippen LogP contribution in [0.1, 0.15) is 26.7 Å². The van der Waals surface area contributed by atoms with Gasteiger partial charge in [-0.15, -0.1) is 0 Å². The highest BCUT2D eigenvalue weighted by Crippen LogP contribution is 2.13. The van der Waals surface area contributed by atoms with Gasteiger partial charge in [-0.3, -0.25) is 0 Å². The van der Waals surface area contributed by atoms with E-state index in [0.717, 1.165) is 13.1 Å². The minimum atomic E-state index is 0.975. The van der Waals surface area contributed by atoms with Gasteiger partial charge in [0.15, 0.2) is 0 Å². The normalized spacial score (nSPS) is 9.86. The Kier molecular flexibility index (Phi) is 4.90. The molecule has 0 radical (unpaired) electrons. The molecule has 0 spiro atoms. The summed E-state index contributed by atoms with van der Waals surface area (Å²) in [5.41, 5.74) is 2.40. The number of hydrogen-bond acceptors (Lipinski definition) is 2. The lowest BCUT2D eigenvalue weighted by molar-refractivity contribution is 0.834. The van der Waals surface area contributed by atoms with Crippen molar-refractivity contribution in [2.45, 2.75) is 26.7 Å². The van der Waals surface area contributed by atoms with E-state index in [9.17, 15) is 0 Å². The van der Waals surface area contributed by atoms with E-state index in [-0.39, 0.29) is 0 Å². The van der Waals surface area contributed by atoms with Gasteiger partial charge in [-0.1, -0.05) is 13.3 Å². The zero-order valence-corrected chi connectivity index (χ0v) is 9.14. The maximum absolute atomic E-state index is 3.39. The molecule has 0 saturated carbocycles. The lowest BCUT2D eigenvalue weighted by Gasteiger charge is -2.07. The van der Waals surface area contributed by atoms with Crippen molar-refractivity contribution in [1.29, 1.82) is 0 Å². The van der Waals surface area contributed by atoms with Crippen LogP contribution in [-0.2, 0) is 0 Å². The SMILES string of the molecule is CCCCNc1ccc(NCC)cc1. The van der Waals surface area contributed by atoms with Crippen LogP contribution in [0.25, 0.3) is 0 Å². The van der Waals surface area contributed by atoms with E-state index in [0.29, 0.717) is 0 Å². The number of hydrogen-bond donors (Lipinski definition) is 2. The van der Waals surface area contributed by atoms with Crippen LogP contribution in [0.2, 0.25) is 0 Å². The lowest BCUT2D eigenvalue weighted by Crippen LogP contribution is -2.01. The Labute approximate surface area is 86.7 Å². The molecule has 2 nitrogen and oxygen atoms in total. The molecule has 2 heteroatoms. The van der Waals surface area contributed by atoms with E-state index in [1.807, 2.05) is 0 Å². The number of nitrogens with one attached hydrogen (secondary N) is 2. The summed E-state index contributed by atoms with van der Waals surface area (Å²) in [7, 11) is 0. The van der Waals surface area contributed by atoms with Gasteiger partial charge in [0, 0.05) is 24.5 Å². The van der Waals surface area contributed by atoms with Crippen molar-refractivity contribution in [3.63, 3.8) is 0 Å². The highest BCUT2D eigenvalue weighted by Gasteiger charge is 1.91. The molecule has 0 unspecified atom stereocenters. The molecule has 0 aliphatic rings. The fourth-order valence-corrected chi connectivity index (χ4v) is 1.32. The zero-order chi connectivity index (χ0) is 10.2. The van der Waals surface area contributed by atoms with E-state index in [4.69, 9.17) is 0 Å². The summed E-state index contributed by atoms with van der Waals surface area (Å²) < 4.78 is 0. The molecule has 0 amide bonds. The maximum atomic E-state index is 3.39. The predicted octanol–water partition coefficient (Wildman–Crippen LogP) is 3.33. The average molecular weight is 192 g/mol. The number of anilines is 2. The van der Waals surface area contributed by atoms with Gasteiger partial charge in [0.05, 0.1) is 0 Å². The van der Waals surface area contributed by atoms with E-state index >= 15 is 0 Å². The number of unbranched alkanes of at least 4 members (excludes halogenated alkanes) is 1. The average Bonchev–Trinajstić information content (AvgIpc) is 2.21. The third-order valence-electron chi connectivity index (χ3n) is 2.13. The molecule has 2 N–H and O–H groups in total. The molecular formula is C12H20N2. The van der Waals surface area contributed by atoms with Gasteiger partial charge >= 0.3 is 0 Å². The highest BCUT2D eigenvalue weighted by atomic mass is 14.9. The molecular weight excluding hydrogens is 172 g/mol. The quantitative estimate of drug-likeness (QED) is 0.675. The first kappa shape index (κ1) is 10.9. The van der Waals surface area contributed by atoms with Crippen molar-refractivity contribution in [2.24, 2.45) is 0 Å². The van der Waals surface area contributed by atoms with Crippen molar-refractivity contribution < 1.29 is 0 Å². The van der Waals surface area contributed by atoms with Crippen molar-refractivity contribution in [1.82, 2.24) is 0 Å². The Morgan fingerprint density at radius 1 is 0.929 bits per heavy atom. The Bertz CT molecular complexity index is 241. The molecule has 78 valence electrons. The first-order valence-electron chi connectivity index (χ1n) is 5.44. The van der Waals surface area contributed by atoms with Crippen LogP contribution < -0.4 is 10.6 Å². The van der Waals surface area contributed by atoms with E-state index < -0.39 is 0 Å². The molecule has 0 bridgehead atoms. The molecule has 0 heterocycles. The minimum Gasteiger partial charge on any atom is -0.385 e. The van der Waals surface area contributed by atoms with Crippen molar-refractivity contribution in [2.75, 3.05) is 23.7 Å². The molecule has 1 aromatic carbocycles. The molecule has 1 aromatic rings. The van der Waals surface area contributed by atoms with E-state index in [1.54, 1.807) is 0 Å². The van der Waals surface area contributed by atoms with Gasteiger partial charge < -0.3 is 10.6 Å². The second-order valence-electron chi connectivity index (χ2n) is 3.39. The maximum Gasteiger partial charge on any atom is 0.0341 e. The van der Waals surface area contributed by atoms with E-state index in [2.05, 4.69) is 48.7 Å². The zero-order valence-electron chi connectivity index (χ0n) is 9.14.